The lowest BCUT2D eigenvalue weighted by Gasteiger charge is -2.32. The number of nitrogens with one attached hydrogen (secondary N) is 3. The summed E-state index contributed by atoms with van der Waals surface area (Å²) in [4.78, 5) is 50.5. The Labute approximate surface area is 301 Å². The Morgan fingerprint density at radius 2 is 1.19 bits per heavy atom. The molecule has 276 valence electrons. The molecule has 0 atom stereocenters. The minimum absolute atomic E-state index is 0.229. The molecule has 1 aliphatic rings. The smallest absolute Gasteiger partial charge is 0.407 e. The lowest BCUT2D eigenvalue weighted by atomic mass is 9.93. The van der Waals surface area contributed by atoms with Crippen LogP contribution < -0.4 is 14.8 Å². The number of alkyl carbamates (subject to hydrolysis) is 1. The Morgan fingerprint density at radius 3 is 1.60 bits per heavy atom. The SMILES string of the molecule is CC(=O)N(O)C(=N)c1ccc(Oc2cc(Oc3ccc(C(=N)N(O)C(C)=O)cc3)cc(C(=O)N3CCC(CCNC(=O)OC(C)(C)C)CC3)c2)cc1. The number of hydrogen-bond donors (Lipinski definition) is 5. The van der Waals surface area contributed by atoms with Crippen molar-refractivity contribution in [1.29, 1.82) is 10.8 Å². The number of piperidine rings is 1. The summed E-state index contributed by atoms with van der Waals surface area (Å²) in [7, 11) is 0. The number of benzene rings is 3. The average Bonchev–Trinajstić information content (AvgIpc) is 3.10. The monoisotopic (exact) mass is 716 g/mol. The Balaban J connectivity index is 1.50. The number of hydrogen-bond acceptors (Lipinski definition) is 11. The van der Waals surface area contributed by atoms with E-state index < -0.39 is 35.2 Å². The quantitative estimate of drug-likeness (QED) is 0.0704. The molecule has 1 fully saturated rings. The number of nitrogens with zero attached hydrogens (tertiary/aromatic N) is 3. The van der Waals surface area contributed by atoms with Crippen molar-refractivity contribution in [1.82, 2.24) is 20.3 Å². The molecule has 3 aromatic rings. The van der Waals surface area contributed by atoms with Crippen LogP contribution in [-0.4, -0.2) is 86.2 Å². The molecule has 3 aromatic carbocycles. The van der Waals surface area contributed by atoms with Gasteiger partial charge in [-0.05, 0) is 107 Å². The van der Waals surface area contributed by atoms with Gasteiger partial charge in [-0.15, -0.1) is 0 Å². The zero-order valence-corrected chi connectivity index (χ0v) is 29.8. The topological polar surface area (TPSA) is 206 Å². The van der Waals surface area contributed by atoms with Gasteiger partial charge in [0.15, 0.2) is 11.7 Å². The third-order valence-electron chi connectivity index (χ3n) is 8.00. The molecule has 15 nitrogen and oxygen atoms in total. The fourth-order valence-electron chi connectivity index (χ4n) is 5.31. The molecule has 0 saturated carbocycles. The summed E-state index contributed by atoms with van der Waals surface area (Å²) in [6.07, 6.45) is 1.82. The van der Waals surface area contributed by atoms with Crippen LogP contribution in [0.25, 0.3) is 0 Å². The number of ether oxygens (including phenoxy) is 3. The Kier molecular flexibility index (Phi) is 12.7. The summed E-state index contributed by atoms with van der Waals surface area (Å²) in [5, 5.41) is 38.9. The fraction of sp³-hybridized carbons (Fsp3) is 0.351. The molecule has 0 unspecified atom stereocenters. The fourth-order valence-corrected chi connectivity index (χ4v) is 5.31. The van der Waals surface area contributed by atoms with Crippen molar-refractivity contribution in [2.45, 2.75) is 59.5 Å². The van der Waals surface area contributed by atoms with Crippen molar-refractivity contribution in [3.63, 3.8) is 0 Å². The van der Waals surface area contributed by atoms with E-state index in [-0.39, 0.29) is 38.7 Å². The summed E-state index contributed by atoms with van der Waals surface area (Å²) in [6, 6.07) is 17.0. The zero-order chi connectivity index (χ0) is 38.2. The number of hydroxylamine groups is 4. The summed E-state index contributed by atoms with van der Waals surface area (Å²) < 4.78 is 17.5. The van der Waals surface area contributed by atoms with Crippen LogP contribution in [0.1, 0.15) is 75.4 Å². The van der Waals surface area contributed by atoms with Crippen LogP contribution in [0.2, 0.25) is 0 Å². The molecular formula is C37H44N6O9. The first-order chi connectivity index (χ1) is 24.5. The molecule has 0 aromatic heterocycles. The number of rotatable bonds is 10. The van der Waals surface area contributed by atoms with Gasteiger partial charge in [0.1, 0.15) is 28.6 Å². The summed E-state index contributed by atoms with van der Waals surface area (Å²) in [5.41, 5.74) is 0.273. The van der Waals surface area contributed by atoms with E-state index in [0.717, 1.165) is 33.1 Å². The predicted octanol–water partition coefficient (Wildman–Crippen LogP) is 6.16. The van der Waals surface area contributed by atoms with Crippen molar-refractivity contribution >= 4 is 35.5 Å². The van der Waals surface area contributed by atoms with E-state index >= 15 is 0 Å². The van der Waals surface area contributed by atoms with Gasteiger partial charge in [0.25, 0.3) is 5.91 Å². The third-order valence-corrected chi connectivity index (χ3v) is 8.00. The van der Waals surface area contributed by atoms with Gasteiger partial charge in [-0.3, -0.25) is 35.6 Å². The lowest BCUT2D eigenvalue weighted by Crippen LogP contribution is -2.39. The van der Waals surface area contributed by atoms with Gasteiger partial charge in [-0.25, -0.2) is 4.79 Å². The maximum absolute atomic E-state index is 13.8. The second kappa shape index (κ2) is 16.9. The number of likely N-dealkylation sites (tertiary alicyclic amines) is 1. The maximum atomic E-state index is 13.8. The van der Waals surface area contributed by atoms with E-state index in [4.69, 9.17) is 25.0 Å². The first kappa shape index (κ1) is 39.0. The first-order valence-electron chi connectivity index (χ1n) is 16.6. The zero-order valence-electron chi connectivity index (χ0n) is 29.8. The van der Waals surface area contributed by atoms with Crippen LogP contribution in [0.5, 0.6) is 23.0 Å². The Bertz CT molecular complexity index is 1700. The number of carbonyl (C=O) groups is 4. The molecule has 1 aliphatic heterocycles. The number of amides is 4. The Hall–Kier alpha value is -5.80. The molecule has 4 amide bonds. The minimum Gasteiger partial charge on any atom is -0.457 e. The van der Waals surface area contributed by atoms with Crippen molar-refractivity contribution in [2.75, 3.05) is 19.6 Å². The van der Waals surface area contributed by atoms with Gasteiger partial charge >= 0.3 is 6.09 Å². The van der Waals surface area contributed by atoms with E-state index in [0.29, 0.717) is 42.6 Å². The highest BCUT2D eigenvalue weighted by Gasteiger charge is 2.25. The molecule has 0 bridgehead atoms. The van der Waals surface area contributed by atoms with Crippen molar-refractivity contribution in [3.05, 3.63) is 83.4 Å². The Morgan fingerprint density at radius 1 is 0.750 bits per heavy atom. The predicted molar refractivity (Wildman–Crippen MR) is 189 cm³/mol. The van der Waals surface area contributed by atoms with Gasteiger partial charge in [0.05, 0.1) is 0 Å². The summed E-state index contributed by atoms with van der Waals surface area (Å²) >= 11 is 0. The molecule has 4 rings (SSSR count). The minimum atomic E-state index is -0.710. The third kappa shape index (κ3) is 10.8. The molecule has 0 spiro atoms. The molecular weight excluding hydrogens is 672 g/mol. The van der Waals surface area contributed by atoms with E-state index in [9.17, 15) is 29.6 Å². The van der Waals surface area contributed by atoms with Crippen molar-refractivity contribution in [3.8, 4) is 23.0 Å². The summed E-state index contributed by atoms with van der Waals surface area (Å²) in [6.45, 7) is 9.19. The molecule has 5 N–H and O–H groups in total. The van der Waals surface area contributed by atoms with E-state index in [1.807, 2.05) is 0 Å². The van der Waals surface area contributed by atoms with Crippen LogP contribution in [0.4, 0.5) is 4.79 Å². The molecule has 15 heteroatoms. The van der Waals surface area contributed by atoms with Gasteiger partial charge in [-0.2, -0.15) is 10.1 Å². The highest BCUT2D eigenvalue weighted by Crippen LogP contribution is 2.32. The van der Waals surface area contributed by atoms with Crippen LogP contribution in [-0.2, 0) is 14.3 Å². The average molecular weight is 717 g/mol. The normalized spacial score (nSPS) is 13.1. The van der Waals surface area contributed by atoms with Crippen molar-refractivity contribution in [2.24, 2.45) is 5.92 Å². The van der Waals surface area contributed by atoms with Gasteiger partial charge in [0.2, 0.25) is 11.8 Å². The van der Waals surface area contributed by atoms with Crippen LogP contribution in [0.15, 0.2) is 66.7 Å². The highest BCUT2D eigenvalue weighted by molar-refractivity contribution is 6.05. The molecule has 0 radical (unpaired) electrons. The molecule has 1 heterocycles. The van der Waals surface area contributed by atoms with Crippen LogP contribution in [0, 0.1) is 16.7 Å². The van der Waals surface area contributed by atoms with Crippen LogP contribution >= 0.6 is 0 Å². The maximum Gasteiger partial charge on any atom is 0.407 e. The number of carbonyl (C=O) groups excluding carboxylic acids is 4. The standard InChI is InChI=1S/C37H44N6O9/c1-23(44)42(48)33(38)26-6-10-29(11-7-26)50-31-20-28(21-32(22-31)51-30-12-8-27(9-13-30)34(39)43(49)24(2)45)35(46)41-18-15-25(16-19-41)14-17-40-36(47)52-37(3,4)5/h6-13,20-22,25,38-39,48-49H,14-19H2,1-5H3,(H,40,47). The molecule has 0 aliphatic carbocycles. The largest absolute Gasteiger partial charge is 0.457 e. The van der Waals surface area contributed by atoms with E-state index in [1.54, 1.807) is 68.1 Å². The van der Waals surface area contributed by atoms with Gasteiger partial charge in [-0.1, -0.05) is 0 Å². The van der Waals surface area contributed by atoms with Gasteiger partial charge < -0.3 is 24.4 Å². The van der Waals surface area contributed by atoms with E-state index in [1.165, 1.54) is 24.3 Å². The van der Waals surface area contributed by atoms with E-state index in [2.05, 4.69) is 5.32 Å². The summed E-state index contributed by atoms with van der Waals surface area (Å²) in [5.74, 6) is -0.888. The highest BCUT2D eigenvalue weighted by atomic mass is 16.6. The first-order valence-corrected chi connectivity index (χ1v) is 16.6. The lowest BCUT2D eigenvalue weighted by molar-refractivity contribution is -0.147. The van der Waals surface area contributed by atoms with Crippen molar-refractivity contribution < 1.29 is 43.8 Å². The molecule has 52 heavy (non-hydrogen) atoms. The second-order valence-electron chi connectivity index (χ2n) is 13.3. The van der Waals surface area contributed by atoms with Crippen LogP contribution in [0.3, 0.4) is 0 Å². The second-order valence-corrected chi connectivity index (χ2v) is 13.3. The molecule has 1 saturated heterocycles. The number of amidine groups is 2. The van der Waals surface area contributed by atoms with Gasteiger partial charge in [0, 0.05) is 56.2 Å².